The third-order valence-corrected chi connectivity index (χ3v) is 2.98. The fourth-order valence-electron chi connectivity index (χ4n) is 1.66. The Morgan fingerprint density at radius 2 is 2.07 bits per heavy atom. The van der Waals surface area contributed by atoms with Crippen molar-refractivity contribution >= 4 is 5.91 Å². The van der Waals surface area contributed by atoms with E-state index in [9.17, 15) is 4.79 Å². The molecule has 0 aromatic heterocycles. The number of likely N-dealkylation sites (N-methyl/N-ethyl adjacent to an activating group) is 1. The molecule has 3 nitrogen and oxygen atoms in total. The van der Waals surface area contributed by atoms with Gasteiger partial charge in [-0.05, 0) is 25.8 Å². The minimum atomic E-state index is 0.224. The number of unbranched alkanes of at least 4 members (excludes halogenated alkanes) is 1. The number of nitrogens with one attached hydrogen (secondary N) is 1. The second kappa shape index (κ2) is 5.91. The van der Waals surface area contributed by atoms with Crippen LogP contribution in [-0.4, -0.2) is 37.0 Å². The molecule has 15 heavy (non-hydrogen) atoms. The number of nitrogens with zero attached hydrogens (tertiary/aromatic N) is 1. The van der Waals surface area contributed by atoms with E-state index in [2.05, 4.69) is 12.2 Å². The van der Waals surface area contributed by atoms with Crippen LogP contribution in [0.1, 0.15) is 33.6 Å². The molecule has 1 fully saturated rings. The van der Waals surface area contributed by atoms with E-state index in [-0.39, 0.29) is 5.91 Å². The highest BCUT2D eigenvalue weighted by Crippen LogP contribution is 2.12. The van der Waals surface area contributed by atoms with Crippen molar-refractivity contribution in [3.63, 3.8) is 0 Å². The van der Waals surface area contributed by atoms with Crippen LogP contribution in [-0.2, 0) is 4.79 Å². The molecule has 3 heteroatoms. The summed E-state index contributed by atoms with van der Waals surface area (Å²) in [6, 6.07) is 0. The smallest absolute Gasteiger partial charge is 0.249 e. The molecule has 0 atom stereocenters. The van der Waals surface area contributed by atoms with Gasteiger partial charge in [0.25, 0.3) is 0 Å². The van der Waals surface area contributed by atoms with Crippen LogP contribution in [0.3, 0.4) is 0 Å². The number of carbonyl (C=O) groups is 1. The molecule has 0 aromatic carbocycles. The lowest BCUT2D eigenvalue weighted by molar-refractivity contribution is -0.127. The quantitative estimate of drug-likeness (QED) is 0.698. The van der Waals surface area contributed by atoms with E-state index < -0.39 is 0 Å². The van der Waals surface area contributed by atoms with Crippen LogP contribution in [0.5, 0.6) is 0 Å². The predicted octanol–water partition coefficient (Wildman–Crippen LogP) is 1.55. The van der Waals surface area contributed by atoms with Gasteiger partial charge >= 0.3 is 0 Å². The minimum Gasteiger partial charge on any atom is -0.339 e. The van der Waals surface area contributed by atoms with Crippen LogP contribution in [0.2, 0.25) is 0 Å². The molecule has 0 aliphatic carbocycles. The highest BCUT2D eigenvalue weighted by Gasteiger charge is 2.19. The zero-order valence-corrected chi connectivity index (χ0v) is 10.1. The molecular formula is C12H22N2O. The van der Waals surface area contributed by atoms with Crippen molar-refractivity contribution in [3.8, 4) is 0 Å². The topological polar surface area (TPSA) is 32.3 Å². The molecule has 0 spiro atoms. The fraction of sp³-hybridized carbons (Fsp3) is 0.750. The van der Waals surface area contributed by atoms with Crippen LogP contribution in [0, 0.1) is 0 Å². The Kier molecular flexibility index (Phi) is 4.82. The van der Waals surface area contributed by atoms with Gasteiger partial charge in [-0.3, -0.25) is 4.79 Å². The number of amides is 1. The SMILES string of the molecule is CCCCN(CC)C(=O)C(C)=C1CNC1. The monoisotopic (exact) mass is 210 g/mol. The second-order valence-electron chi connectivity index (χ2n) is 4.07. The molecule has 0 aromatic rings. The maximum Gasteiger partial charge on any atom is 0.249 e. The van der Waals surface area contributed by atoms with Crippen LogP contribution in [0.4, 0.5) is 0 Å². The standard InChI is InChI=1S/C12H22N2O/c1-4-6-7-14(5-2)12(15)10(3)11-8-13-9-11/h13H,4-9H2,1-3H3. The molecule has 1 amide bonds. The van der Waals surface area contributed by atoms with Gasteiger partial charge in [-0.25, -0.2) is 0 Å². The third-order valence-electron chi connectivity index (χ3n) is 2.98. The Morgan fingerprint density at radius 3 is 2.47 bits per heavy atom. The molecule has 1 rings (SSSR count). The molecule has 1 aliphatic heterocycles. The van der Waals surface area contributed by atoms with Gasteiger partial charge in [-0.2, -0.15) is 0 Å². The van der Waals surface area contributed by atoms with Crippen LogP contribution < -0.4 is 5.32 Å². The lowest BCUT2D eigenvalue weighted by atomic mass is 10.0. The zero-order valence-electron chi connectivity index (χ0n) is 10.1. The van der Waals surface area contributed by atoms with Crippen LogP contribution in [0.25, 0.3) is 0 Å². The lowest BCUT2D eigenvalue weighted by Crippen LogP contribution is -2.39. The van der Waals surface area contributed by atoms with Crippen molar-refractivity contribution in [2.24, 2.45) is 0 Å². The van der Waals surface area contributed by atoms with E-state index in [1.165, 1.54) is 5.57 Å². The molecule has 86 valence electrons. The van der Waals surface area contributed by atoms with Crippen LogP contribution in [0.15, 0.2) is 11.1 Å². The maximum atomic E-state index is 12.1. The van der Waals surface area contributed by atoms with Crippen molar-refractivity contribution in [1.82, 2.24) is 10.2 Å². The van der Waals surface area contributed by atoms with Crippen molar-refractivity contribution < 1.29 is 4.79 Å². The van der Waals surface area contributed by atoms with Gasteiger partial charge in [0.1, 0.15) is 0 Å². The summed E-state index contributed by atoms with van der Waals surface area (Å²) in [6.45, 7) is 9.64. The number of carbonyl (C=O) groups excluding carboxylic acids is 1. The Morgan fingerprint density at radius 1 is 1.40 bits per heavy atom. The maximum absolute atomic E-state index is 12.1. The normalized spacial score (nSPS) is 14.7. The molecule has 0 saturated carbocycles. The molecule has 0 bridgehead atoms. The summed E-state index contributed by atoms with van der Waals surface area (Å²) >= 11 is 0. The molecule has 1 aliphatic rings. The lowest BCUT2D eigenvalue weighted by Gasteiger charge is -2.26. The summed E-state index contributed by atoms with van der Waals surface area (Å²) in [4.78, 5) is 14.0. The Hall–Kier alpha value is -0.830. The molecule has 1 N–H and O–H groups in total. The van der Waals surface area contributed by atoms with Crippen molar-refractivity contribution in [2.75, 3.05) is 26.2 Å². The predicted molar refractivity (Wildman–Crippen MR) is 62.7 cm³/mol. The Bertz CT molecular complexity index is 252. The zero-order chi connectivity index (χ0) is 11.3. The minimum absolute atomic E-state index is 0.224. The van der Waals surface area contributed by atoms with Crippen molar-refractivity contribution in [2.45, 2.75) is 33.6 Å². The van der Waals surface area contributed by atoms with E-state index in [4.69, 9.17) is 0 Å². The van der Waals surface area contributed by atoms with E-state index in [1.807, 2.05) is 18.7 Å². The fourth-order valence-corrected chi connectivity index (χ4v) is 1.66. The number of rotatable bonds is 5. The van der Waals surface area contributed by atoms with Crippen molar-refractivity contribution in [3.05, 3.63) is 11.1 Å². The van der Waals surface area contributed by atoms with Gasteiger partial charge in [0.2, 0.25) is 5.91 Å². The summed E-state index contributed by atoms with van der Waals surface area (Å²) in [5, 5.41) is 3.17. The molecule has 0 radical (unpaired) electrons. The van der Waals surface area contributed by atoms with E-state index in [0.717, 1.165) is 44.6 Å². The highest BCUT2D eigenvalue weighted by atomic mass is 16.2. The first kappa shape index (κ1) is 12.2. The largest absolute Gasteiger partial charge is 0.339 e. The number of hydrogen-bond donors (Lipinski definition) is 1. The van der Waals surface area contributed by atoms with Crippen LogP contribution >= 0.6 is 0 Å². The van der Waals surface area contributed by atoms with E-state index in [1.54, 1.807) is 0 Å². The van der Waals surface area contributed by atoms with Gasteiger partial charge in [0.05, 0.1) is 0 Å². The summed E-state index contributed by atoms with van der Waals surface area (Å²) in [7, 11) is 0. The van der Waals surface area contributed by atoms with Gasteiger partial charge in [-0.1, -0.05) is 13.3 Å². The highest BCUT2D eigenvalue weighted by molar-refractivity contribution is 5.94. The second-order valence-corrected chi connectivity index (χ2v) is 4.07. The summed E-state index contributed by atoms with van der Waals surface area (Å²) in [6.07, 6.45) is 2.24. The molecule has 0 unspecified atom stereocenters. The van der Waals surface area contributed by atoms with Gasteiger partial charge in [0, 0.05) is 31.8 Å². The summed E-state index contributed by atoms with van der Waals surface area (Å²) in [5.41, 5.74) is 2.22. The first-order chi connectivity index (χ1) is 7.20. The molecular weight excluding hydrogens is 188 g/mol. The average molecular weight is 210 g/mol. The van der Waals surface area contributed by atoms with E-state index >= 15 is 0 Å². The molecule has 1 heterocycles. The molecule has 1 saturated heterocycles. The van der Waals surface area contributed by atoms with Gasteiger partial charge in [-0.15, -0.1) is 0 Å². The van der Waals surface area contributed by atoms with E-state index in [0.29, 0.717) is 0 Å². The Balaban J connectivity index is 2.55. The van der Waals surface area contributed by atoms with Gasteiger partial charge < -0.3 is 10.2 Å². The third kappa shape index (κ3) is 3.06. The Labute approximate surface area is 92.5 Å². The first-order valence-electron chi connectivity index (χ1n) is 5.89. The first-order valence-corrected chi connectivity index (χ1v) is 5.89. The average Bonchev–Trinajstić information content (AvgIpc) is 2.16. The summed E-state index contributed by atoms with van der Waals surface area (Å²) < 4.78 is 0. The number of hydrogen-bond acceptors (Lipinski definition) is 2. The summed E-state index contributed by atoms with van der Waals surface area (Å²) in [5.74, 6) is 0.224. The van der Waals surface area contributed by atoms with Gasteiger partial charge in [0.15, 0.2) is 0 Å². The van der Waals surface area contributed by atoms with Crippen molar-refractivity contribution in [1.29, 1.82) is 0 Å².